The standard InChI is InChI=1S/C19H17ClN4O3S/c20-14-6-4-5-13(11-14)18-22-23-19(27-18)28-12-17(26)24(10-9-16(21)25)15-7-2-1-3-8-15/h1-8,11H,9-10,12H2,(H2,21,25). The first-order valence-electron chi connectivity index (χ1n) is 8.39. The number of aromatic nitrogens is 2. The first kappa shape index (κ1) is 19.9. The fourth-order valence-electron chi connectivity index (χ4n) is 2.44. The molecule has 0 saturated heterocycles. The lowest BCUT2D eigenvalue weighted by atomic mass is 10.2. The van der Waals surface area contributed by atoms with E-state index in [0.717, 1.165) is 11.8 Å². The summed E-state index contributed by atoms with van der Waals surface area (Å²) in [6.07, 6.45) is 0.0742. The van der Waals surface area contributed by atoms with Crippen LogP contribution in [0.3, 0.4) is 0 Å². The molecule has 0 aliphatic heterocycles. The molecule has 0 aliphatic carbocycles. The Bertz CT molecular complexity index is 965. The Morgan fingerprint density at radius 2 is 1.89 bits per heavy atom. The average Bonchev–Trinajstić information content (AvgIpc) is 3.16. The molecule has 0 spiro atoms. The summed E-state index contributed by atoms with van der Waals surface area (Å²) in [7, 11) is 0. The third kappa shape index (κ3) is 5.34. The maximum Gasteiger partial charge on any atom is 0.277 e. The molecule has 0 atom stereocenters. The van der Waals surface area contributed by atoms with Gasteiger partial charge in [0.2, 0.25) is 17.7 Å². The zero-order valence-electron chi connectivity index (χ0n) is 14.7. The Morgan fingerprint density at radius 1 is 1.11 bits per heavy atom. The van der Waals surface area contributed by atoms with E-state index >= 15 is 0 Å². The molecule has 0 aliphatic rings. The molecule has 0 unspecified atom stereocenters. The molecular formula is C19H17ClN4O3S. The van der Waals surface area contributed by atoms with Crippen LogP contribution in [0.15, 0.2) is 64.2 Å². The number of hydrogen-bond donors (Lipinski definition) is 1. The maximum atomic E-state index is 12.7. The fraction of sp³-hybridized carbons (Fsp3) is 0.158. The lowest BCUT2D eigenvalue weighted by Crippen LogP contribution is -2.35. The number of anilines is 1. The number of nitrogens with zero attached hydrogens (tertiary/aromatic N) is 3. The van der Waals surface area contributed by atoms with Crippen LogP contribution in [-0.2, 0) is 9.59 Å². The normalized spacial score (nSPS) is 10.6. The van der Waals surface area contributed by atoms with Gasteiger partial charge < -0.3 is 15.1 Å². The van der Waals surface area contributed by atoms with Crippen molar-refractivity contribution in [2.45, 2.75) is 11.6 Å². The fourth-order valence-corrected chi connectivity index (χ4v) is 3.26. The van der Waals surface area contributed by atoms with Gasteiger partial charge in [0.25, 0.3) is 5.22 Å². The maximum absolute atomic E-state index is 12.7. The summed E-state index contributed by atoms with van der Waals surface area (Å²) >= 11 is 7.10. The third-order valence-corrected chi connectivity index (χ3v) is 4.79. The third-order valence-electron chi connectivity index (χ3n) is 3.75. The molecular weight excluding hydrogens is 400 g/mol. The SMILES string of the molecule is NC(=O)CCN(C(=O)CSc1nnc(-c2cccc(Cl)c2)o1)c1ccccc1. The van der Waals surface area contributed by atoms with Crippen LogP contribution < -0.4 is 10.6 Å². The van der Waals surface area contributed by atoms with E-state index in [4.69, 9.17) is 21.8 Å². The van der Waals surface area contributed by atoms with Crippen LogP contribution in [0.4, 0.5) is 5.69 Å². The molecule has 7 nitrogen and oxygen atoms in total. The summed E-state index contributed by atoms with van der Waals surface area (Å²) in [6, 6.07) is 16.2. The topological polar surface area (TPSA) is 102 Å². The highest BCUT2D eigenvalue weighted by atomic mass is 35.5. The van der Waals surface area contributed by atoms with Crippen molar-refractivity contribution in [1.29, 1.82) is 0 Å². The monoisotopic (exact) mass is 416 g/mol. The molecule has 1 aromatic heterocycles. The summed E-state index contributed by atoms with van der Waals surface area (Å²) < 4.78 is 5.60. The minimum absolute atomic E-state index is 0.0742. The number of hydrogen-bond acceptors (Lipinski definition) is 6. The largest absolute Gasteiger partial charge is 0.411 e. The molecule has 2 N–H and O–H groups in total. The molecule has 0 fully saturated rings. The predicted octanol–water partition coefficient (Wildman–Crippen LogP) is 3.39. The van der Waals surface area contributed by atoms with Crippen LogP contribution >= 0.6 is 23.4 Å². The van der Waals surface area contributed by atoms with E-state index in [0.29, 0.717) is 22.2 Å². The van der Waals surface area contributed by atoms with E-state index in [1.165, 1.54) is 4.90 Å². The predicted molar refractivity (Wildman–Crippen MR) is 108 cm³/mol. The average molecular weight is 417 g/mol. The highest BCUT2D eigenvalue weighted by Crippen LogP contribution is 2.26. The van der Waals surface area contributed by atoms with Gasteiger partial charge in [-0.2, -0.15) is 0 Å². The number of para-hydroxylation sites is 1. The molecule has 2 aromatic carbocycles. The van der Waals surface area contributed by atoms with Crippen molar-refractivity contribution >= 4 is 40.9 Å². The van der Waals surface area contributed by atoms with Gasteiger partial charge >= 0.3 is 0 Å². The summed E-state index contributed by atoms with van der Waals surface area (Å²) in [5.74, 6) is -0.263. The van der Waals surface area contributed by atoms with Gasteiger partial charge in [-0.3, -0.25) is 9.59 Å². The van der Waals surface area contributed by atoms with E-state index in [1.54, 1.807) is 36.4 Å². The lowest BCUT2D eigenvalue weighted by molar-refractivity contribution is -0.118. The van der Waals surface area contributed by atoms with Crippen molar-refractivity contribution in [2.75, 3.05) is 17.2 Å². The summed E-state index contributed by atoms with van der Waals surface area (Å²) in [4.78, 5) is 25.4. The molecule has 28 heavy (non-hydrogen) atoms. The number of rotatable bonds is 8. The van der Waals surface area contributed by atoms with Gasteiger partial charge in [0.1, 0.15) is 0 Å². The first-order chi connectivity index (χ1) is 13.5. The number of carbonyl (C=O) groups is 2. The highest BCUT2D eigenvalue weighted by Gasteiger charge is 2.18. The number of amides is 2. The Morgan fingerprint density at radius 3 is 2.61 bits per heavy atom. The van der Waals surface area contributed by atoms with Crippen LogP contribution in [0.25, 0.3) is 11.5 Å². The van der Waals surface area contributed by atoms with Crippen molar-refractivity contribution in [3.8, 4) is 11.5 Å². The summed E-state index contributed by atoms with van der Waals surface area (Å²) in [5.41, 5.74) is 6.62. The number of benzene rings is 2. The Hall–Kier alpha value is -2.84. The van der Waals surface area contributed by atoms with Crippen LogP contribution in [0.2, 0.25) is 5.02 Å². The molecule has 3 aromatic rings. The number of halogens is 1. The second kappa shape index (κ2) is 9.38. The van der Waals surface area contributed by atoms with Crippen molar-refractivity contribution in [3.63, 3.8) is 0 Å². The van der Waals surface area contributed by atoms with Gasteiger partial charge in [0, 0.05) is 29.2 Å². The van der Waals surface area contributed by atoms with E-state index in [1.807, 2.05) is 18.2 Å². The number of thioether (sulfide) groups is 1. The van der Waals surface area contributed by atoms with Crippen molar-refractivity contribution in [2.24, 2.45) is 5.73 Å². The minimum Gasteiger partial charge on any atom is -0.411 e. The number of nitrogens with two attached hydrogens (primary N) is 1. The molecule has 144 valence electrons. The van der Waals surface area contributed by atoms with Crippen LogP contribution in [0, 0.1) is 0 Å². The van der Waals surface area contributed by atoms with E-state index in [-0.39, 0.29) is 29.8 Å². The smallest absolute Gasteiger partial charge is 0.277 e. The second-order valence-electron chi connectivity index (χ2n) is 5.77. The molecule has 0 bridgehead atoms. The van der Waals surface area contributed by atoms with E-state index in [9.17, 15) is 9.59 Å². The molecule has 1 heterocycles. The van der Waals surface area contributed by atoms with Gasteiger partial charge in [-0.25, -0.2) is 0 Å². The first-order valence-corrected chi connectivity index (χ1v) is 9.75. The Kier molecular flexibility index (Phi) is 6.67. The van der Waals surface area contributed by atoms with Crippen LogP contribution in [0.1, 0.15) is 6.42 Å². The lowest BCUT2D eigenvalue weighted by Gasteiger charge is -2.21. The second-order valence-corrected chi connectivity index (χ2v) is 7.13. The molecule has 9 heteroatoms. The number of primary amides is 1. The van der Waals surface area contributed by atoms with Crippen molar-refractivity contribution < 1.29 is 14.0 Å². The number of carbonyl (C=O) groups excluding carboxylic acids is 2. The minimum atomic E-state index is -0.468. The van der Waals surface area contributed by atoms with Crippen molar-refractivity contribution in [1.82, 2.24) is 10.2 Å². The summed E-state index contributed by atoms with van der Waals surface area (Å²) in [5, 5.41) is 8.78. The van der Waals surface area contributed by atoms with Crippen LogP contribution in [0.5, 0.6) is 0 Å². The van der Waals surface area contributed by atoms with Gasteiger partial charge in [0.05, 0.1) is 5.75 Å². The summed E-state index contributed by atoms with van der Waals surface area (Å²) in [6.45, 7) is 0.205. The zero-order chi connectivity index (χ0) is 19.9. The van der Waals surface area contributed by atoms with Crippen LogP contribution in [-0.4, -0.2) is 34.3 Å². The van der Waals surface area contributed by atoms with Gasteiger partial charge in [-0.15, -0.1) is 10.2 Å². The zero-order valence-corrected chi connectivity index (χ0v) is 16.3. The molecule has 0 radical (unpaired) electrons. The quantitative estimate of drug-likeness (QED) is 0.564. The molecule has 3 rings (SSSR count). The van der Waals surface area contributed by atoms with Crippen molar-refractivity contribution in [3.05, 3.63) is 59.6 Å². The van der Waals surface area contributed by atoms with Gasteiger partial charge in [-0.05, 0) is 30.3 Å². The van der Waals surface area contributed by atoms with Gasteiger partial charge in [0.15, 0.2) is 0 Å². The van der Waals surface area contributed by atoms with Gasteiger partial charge in [-0.1, -0.05) is 47.6 Å². The highest BCUT2D eigenvalue weighted by molar-refractivity contribution is 7.99. The Labute approximate surface area is 170 Å². The van der Waals surface area contributed by atoms with E-state index < -0.39 is 5.91 Å². The van der Waals surface area contributed by atoms with E-state index in [2.05, 4.69) is 10.2 Å². The molecule has 0 saturated carbocycles. The Balaban J connectivity index is 1.66. The molecule has 2 amide bonds.